The Morgan fingerprint density at radius 2 is 2.12 bits per heavy atom. The fourth-order valence-electron chi connectivity index (χ4n) is 3.26. The molecule has 2 heterocycles. The van der Waals surface area contributed by atoms with E-state index in [4.69, 9.17) is 4.74 Å². The molecular formula is C18H30N4O2. The van der Waals surface area contributed by atoms with E-state index in [9.17, 15) is 4.79 Å². The minimum Gasteiger partial charge on any atom is -0.377 e. The molecule has 1 aliphatic rings. The summed E-state index contributed by atoms with van der Waals surface area (Å²) in [6, 6.07) is 0.141. The van der Waals surface area contributed by atoms with Crippen LogP contribution >= 0.6 is 0 Å². The van der Waals surface area contributed by atoms with Crippen molar-refractivity contribution in [3.63, 3.8) is 0 Å². The third-order valence-electron chi connectivity index (χ3n) is 4.59. The number of hydrogen-bond acceptors (Lipinski definition) is 4. The van der Waals surface area contributed by atoms with Gasteiger partial charge in [0.2, 0.25) is 0 Å². The molecule has 0 spiro atoms. The van der Waals surface area contributed by atoms with Crippen molar-refractivity contribution in [2.75, 3.05) is 32.8 Å². The average molecular weight is 334 g/mol. The molecule has 134 valence electrons. The Labute approximate surface area is 145 Å². The lowest BCUT2D eigenvalue weighted by atomic mass is 9.92. The summed E-state index contributed by atoms with van der Waals surface area (Å²) in [7, 11) is 0. The summed E-state index contributed by atoms with van der Waals surface area (Å²) in [5.41, 5.74) is 2.09. The number of piperidine rings is 1. The van der Waals surface area contributed by atoms with Gasteiger partial charge >= 0.3 is 6.03 Å². The summed E-state index contributed by atoms with van der Waals surface area (Å²) in [5.74, 6) is 1.04. The predicted molar refractivity (Wildman–Crippen MR) is 94.0 cm³/mol. The minimum absolute atomic E-state index is 0.141. The number of nitrogens with zero attached hydrogens (tertiary/aromatic N) is 4. The number of hydrogen-bond donors (Lipinski definition) is 0. The predicted octanol–water partition coefficient (Wildman–Crippen LogP) is 2.96. The van der Waals surface area contributed by atoms with Crippen LogP contribution in [0.2, 0.25) is 0 Å². The van der Waals surface area contributed by atoms with Gasteiger partial charge in [0.05, 0.1) is 12.3 Å². The summed E-state index contributed by atoms with van der Waals surface area (Å²) in [4.78, 5) is 25.5. The topological polar surface area (TPSA) is 58.6 Å². The first-order chi connectivity index (χ1) is 11.6. The molecule has 1 unspecified atom stereocenters. The molecule has 6 nitrogen and oxygen atoms in total. The standard InChI is InChI=1S/C18H30N4O2/c1-5-21(6-2)18(23)22-10-8-9-15(12-22)17-16(13-24-7-3)11-19-14(4)20-17/h11,15H,5-10,12-13H2,1-4H3. The second-order valence-electron chi connectivity index (χ2n) is 6.20. The van der Waals surface area contributed by atoms with Crippen molar-refractivity contribution in [3.8, 4) is 0 Å². The van der Waals surface area contributed by atoms with Gasteiger partial charge in [-0.1, -0.05) is 0 Å². The van der Waals surface area contributed by atoms with Crippen LogP contribution in [0.3, 0.4) is 0 Å². The van der Waals surface area contributed by atoms with E-state index in [2.05, 4.69) is 9.97 Å². The van der Waals surface area contributed by atoms with Gasteiger partial charge in [-0.25, -0.2) is 14.8 Å². The Morgan fingerprint density at radius 3 is 2.79 bits per heavy atom. The highest BCUT2D eigenvalue weighted by Gasteiger charge is 2.29. The summed E-state index contributed by atoms with van der Waals surface area (Å²) in [6.45, 7) is 12.2. The molecule has 0 aliphatic carbocycles. The van der Waals surface area contributed by atoms with E-state index in [-0.39, 0.29) is 11.9 Å². The first-order valence-electron chi connectivity index (χ1n) is 9.04. The van der Waals surface area contributed by atoms with Crippen LogP contribution in [0.25, 0.3) is 0 Å². The number of rotatable bonds is 6. The number of aryl methyl sites for hydroxylation is 1. The quantitative estimate of drug-likeness (QED) is 0.802. The third kappa shape index (κ3) is 4.44. The molecule has 1 saturated heterocycles. The third-order valence-corrected chi connectivity index (χ3v) is 4.59. The van der Waals surface area contributed by atoms with Crippen LogP contribution in [0.15, 0.2) is 6.20 Å². The Kier molecular flexibility index (Phi) is 6.97. The van der Waals surface area contributed by atoms with E-state index < -0.39 is 0 Å². The second kappa shape index (κ2) is 8.97. The lowest BCUT2D eigenvalue weighted by Crippen LogP contribution is -2.47. The highest BCUT2D eigenvalue weighted by molar-refractivity contribution is 5.74. The zero-order chi connectivity index (χ0) is 17.5. The largest absolute Gasteiger partial charge is 0.377 e. The summed E-state index contributed by atoms with van der Waals surface area (Å²) < 4.78 is 5.57. The van der Waals surface area contributed by atoms with Crippen LogP contribution in [-0.2, 0) is 11.3 Å². The number of aromatic nitrogens is 2. The average Bonchev–Trinajstić information content (AvgIpc) is 2.61. The molecule has 0 N–H and O–H groups in total. The van der Waals surface area contributed by atoms with Crippen LogP contribution in [0.1, 0.15) is 56.6 Å². The Balaban J connectivity index is 2.17. The van der Waals surface area contributed by atoms with Crippen molar-refractivity contribution in [2.24, 2.45) is 0 Å². The van der Waals surface area contributed by atoms with Crippen molar-refractivity contribution in [1.82, 2.24) is 19.8 Å². The molecule has 0 saturated carbocycles. The van der Waals surface area contributed by atoms with E-state index >= 15 is 0 Å². The smallest absolute Gasteiger partial charge is 0.319 e. The number of carbonyl (C=O) groups is 1. The second-order valence-corrected chi connectivity index (χ2v) is 6.20. The van der Waals surface area contributed by atoms with Gasteiger partial charge in [-0.3, -0.25) is 0 Å². The Bertz CT molecular complexity index is 546. The molecule has 0 bridgehead atoms. The maximum Gasteiger partial charge on any atom is 0.319 e. The van der Waals surface area contributed by atoms with Gasteiger partial charge in [-0.15, -0.1) is 0 Å². The molecule has 1 aromatic rings. The van der Waals surface area contributed by atoms with E-state index in [0.29, 0.717) is 13.2 Å². The number of ether oxygens (including phenoxy) is 1. The molecule has 6 heteroatoms. The lowest BCUT2D eigenvalue weighted by molar-refractivity contribution is 0.129. The molecule has 2 rings (SSSR count). The zero-order valence-corrected chi connectivity index (χ0v) is 15.4. The summed E-state index contributed by atoms with van der Waals surface area (Å²) in [6.07, 6.45) is 3.94. The van der Waals surface area contributed by atoms with Crippen LogP contribution < -0.4 is 0 Å². The van der Waals surface area contributed by atoms with Crippen LogP contribution in [-0.4, -0.2) is 58.6 Å². The van der Waals surface area contributed by atoms with E-state index in [1.54, 1.807) is 0 Å². The molecular weight excluding hydrogens is 304 g/mol. The molecule has 1 aromatic heterocycles. The molecule has 0 radical (unpaired) electrons. The molecule has 24 heavy (non-hydrogen) atoms. The monoisotopic (exact) mass is 334 g/mol. The SMILES string of the molecule is CCOCc1cnc(C)nc1C1CCCN(C(=O)N(CC)CC)C1. The maximum absolute atomic E-state index is 12.7. The Morgan fingerprint density at radius 1 is 1.38 bits per heavy atom. The van der Waals surface area contributed by atoms with E-state index in [1.165, 1.54) is 0 Å². The lowest BCUT2D eigenvalue weighted by Gasteiger charge is -2.36. The normalized spacial score (nSPS) is 17.8. The molecule has 1 aliphatic heterocycles. The number of urea groups is 1. The Hall–Kier alpha value is -1.69. The van der Waals surface area contributed by atoms with Gasteiger partial charge in [0, 0.05) is 50.5 Å². The molecule has 2 amide bonds. The fraction of sp³-hybridized carbons (Fsp3) is 0.722. The van der Waals surface area contributed by atoms with Crippen LogP contribution in [0.5, 0.6) is 0 Å². The van der Waals surface area contributed by atoms with Crippen molar-refractivity contribution >= 4 is 6.03 Å². The van der Waals surface area contributed by atoms with E-state index in [0.717, 1.165) is 56.1 Å². The minimum atomic E-state index is 0.141. The first-order valence-corrected chi connectivity index (χ1v) is 9.04. The van der Waals surface area contributed by atoms with Crippen molar-refractivity contribution in [3.05, 3.63) is 23.3 Å². The van der Waals surface area contributed by atoms with Gasteiger partial charge in [0.15, 0.2) is 0 Å². The van der Waals surface area contributed by atoms with Crippen molar-refractivity contribution in [1.29, 1.82) is 0 Å². The fourth-order valence-corrected chi connectivity index (χ4v) is 3.26. The highest BCUT2D eigenvalue weighted by Crippen LogP contribution is 2.28. The molecule has 1 atom stereocenters. The molecule has 1 fully saturated rings. The van der Waals surface area contributed by atoms with Crippen LogP contribution in [0, 0.1) is 6.92 Å². The summed E-state index contributed by atoms with van der Waals surface area (Å²) in [5, 5.41) is 0. The van der Waals surface area contributed by atoms with Crippen molar-refractivity contribution < 1.29 is 9.53 Å². The van der Waals surface area contributed by atoms with Gasteiger partial charge in [0.25, 0.3) is 0 Å². The van der Waals surface area contributed by atoms with Gasteiger partial charge in [-0.2, -0.15) is 0 Å². The first kappa shape index (κ1) is 18.6. The highest BCUT2D eigenvalue weighted by atomic mass is 16.5. The van der Waals surface area contributed by atoms with Gasteiger partial charge < -0.3 is 14.5 Å². The number of amides is 2. The summed E-state index contributed by atoms with van der Waals surface area (Å²) >= 11 is 0. The number of carbonyl (C=O) groups excluding carboxylic acids is 1. The number of likely N-dealkylation sites (tertiary alicyclic amines) is 1. The maximum atomic E-state index is 12.7. The van der Waals surface area contributed by atoms with Crippen molar-refractivity contribution in [2.45, 2.75) is 53.1 Å². The van der Waals surface area contributed by atoms with E-state index in [1.807, 2.05) is 43.7 Å². The van der Waals surface area contributed by atoms with Gasteiger partial charge in [0.1, 0.15) is 5.82 Å². The zero-order valence-electron chi connectivity index (χ0n) is 15.4. The van der Waals surface area contributed by atoms with Crippen LogP contribution in [0.4, 0.5) is 4.79 Å². The molecule has 0 aromatic carbocycles. The van der Waals surface area contributed by atoms with Gasteiger partial charge in [-0.05, 0) is 40.5 Å².